The summed E-state index contributed by atoms with van der Waals surface area (Å²) in [6, 6.07) is 2.33. The zero-order chi connectivity index (χ0) is 11.7. The van der Waals surface area contributed by atoms with Crippen molar-refractivity contribution < 1.29 is 4.79 Å². The molecule has 4 nitrogen and oxygen atoms in total. The van der Waals surface area contributed by atoms with Crippen LogP contribution in [0, 0.1) is 6.92 Å². The predicted octanol–water partition coefficient (Wildman–Crippen LogP) is 1.67. The second kappa shape index (κ2) is 4.12. The van der Waals surface area contributed by atoms with Gasteiger partial charge in [0, 0.05) is 32.0 Å². The molecule has 0 bridgehead atoms. The number of carbonyl (C=O) groups is 1. The third-order valence-corrected chi connectivity index (χ3v) is 2.96. The number of hydrogen-bond acceptors (Lipinski definition) is 3. The summed E-state index contributed by atoms with van der Waals surface area (Å²) in [7, 11) is 3.68. The van der Waals surface area contributed by atoms with Gasteiger partial charge in [0.15, 0.2) is 0 Å². The first kappa shape index (κ1) is 10.9. The van der Waals surface area contributed by atoms with E-state index in [1.54, 1.807) is 6.20 Å². The normalized spacial score (nSPS) is 14.7. The number of nitrogens with one attached hydrogen (secondary N) is 1. The molecular formula is C12H17N3O. The highest BCUT2D eigenvalue weighted by molar-refractivity contribution is 5.99. The maximum Gasteiger partial charge on any atom is 0.257 e. The molecule has 0 atom stereocenters. The summed E-state index contributed by atoms with van der Waals surface area (Å²) in [5.74, 6) is 0.0550. The van der Waals surface area contributed by atoms with Gasteiger partial charge in [0.05, 0.1) is 11.3 Å². The van der Waals surface area contributed by atoms with Crippen molar-refractivity contribution in [3.05, 3.63) is 23.5 Å². The van der Waals surface area contributed by atoms with Gasteiger partial charge in [-0.15, -0.1) is 0 Å². The van der Waals surface area contributed by atoms with Crippen LogP contribution in [0.4, 0.5) is 5.69 Å². The van der Waals surface area contributed by atoms with Crippen molar-refractivity contribution in [1.29, 1.82) is 0 Å². The molecule has 4 heteroatoms. The van der Waals surface area contributed by atoms with Gasteiger partial charge in [-0.1, -0.05) is 0 Å². The standard InChI is InChI=1S/C12H17N3O/c1-8-6-11(13-2)10(7-14-8)12(16)15(3)9-4-5-9/h6-7,9H,4-5H2,1-3H3,(H,13,14). The Morgan fingerprint density at radius 3 is 2.81 bits per heavy atom. The highest BCUT2D eigenvalue weighted by Crippen LogP contribution is 2.28. The van der Waals surface area contributed by atoms with Gasteiger partial charge in [-0.3, -0.25) is 9.78 Å². The lowest BCUT2D eigenvalue weighted by Crippen LogP contribution is -2.29. The third-order valence-electron chi connectivity index (χ3n) is 2.96. The first-order chi connectivity index (χ1) is 7.63. The predicted molar refractivity (Wildman–Crippen MR) is 63.6 cm³/mol. The van der Waals surface area contributed by atoms with Crippen molar-refractivity contribution in [2.24, 2.45) is 0 Å². The molecule has 1 heterocycles. The van der Waals surface area contributed by atoms with Gasteiger partial charge < -0.3 is 10.2 Å². The molecule has 0 radical (unpaired) electrons. The number of aryl methyl sites for hydroxylation is 1. The van der Waals surface area contributed by atoms with Crippen molar-refractivity contribution >= 4 is 11.6 Å². The Balaban J connectivity index is 2.27. The summed E-state index contributed by atoms with van der Waals surface area (Å²) in [6.45, 7) is 1.92. The number of anilines is 1. The van der Waals surface area contributed by atoms with E-state index in [2.05, 4.69) is 10.3 Å². The Morgan fingerprint density at radius 2 is 2.25 bits per heavy atom. The number of amides is 1. The van der Waals surface area contributed by atoms with Crippen molar-refractivity contribution in [2.75, 3.05) is 19.4 Å². The topological polar surface area (TPSA) is 45.2 Å². The van der Waals surface area contributed by atoms with Crippen molar-refractivity contribution in [3.63, 3.8) is 0 Å². The molecule has 1 aliphatic carbocycles. The largest absolute Gasteiger partial charge is 0.387 e. The molecule has 1 amide bonds. The molecule has 0 aliphatic heterocycles. The number of pyridine rings is 1. The average molecular weight is 219 g/mol. The quantitative estimate of drug-likeness (QED) is 0.841. The number of carbonyl (C=O) groups excluding carboxylic acids is 1. The van der Waals surface area contributed by atoms with Crippen LogP contribution >= 0.6 is 0 Å². The molecule has 1 aliphatic rings. The lowest BCUT2D eigenvalue weighted by molar-refractivity contribution is 0.0785. The van der Waals surface area contributed by atoms with E-state index in [1.165, 1.54) is 0 Å². The van der Waals surface area contributed by atoms with Crippen LogP contribution in [-0.4, -0.2) is 35.9 Å². The van der Waals surface area contributed by atoms with E-state index in [0.29, 0.717) is 11.6 Å². The van der Waals surface area contributed by atoms with E-state index in [9.17, 15) is 4.79 Å². The van der Waals surface area contributed by atoms with E-state index >= 15 is 0 Å². The van der Waals surface area contributed by atoms with Crippen LogP contribution < -0.4 is 5.32 Å². The van der Waals surface area contributed by atoms with E-state index in [4.69, 9.17) is 0 Å². The fraction of sp³-hybridized carbons (Fsp3) is 0.500. The maximum atomic E-state index is 12.2. The third kappa shape index (κ3) is 2.01. The molecule has 0 unspecified atom stereocenters. The Bertz CT molecular complexity index is 413. The van der Waals surface area contributed by atoms with Crippen molar-refractivity contribution in [2.45, 2.75) is 25.8 Å². The molecule has 0 aromatic carbocycles. The van der Waals surface area contributed by atoms with Gasteiger partial charge in [-0.25, -0.2) is 0 Å². The molecule has 1 N–H and O–H groups in total. The molecular weight excluding hydrogens is 202 g/mol. The summed E-state index contributed by atoms with van der Waals surface area (Å²) in [4.78, 5) is 18.2. The van der Waals surface area contributed by atoms with E-state index in [0.717, 1.165) is 24.2 Å². The SMILES string of the molecule is CNc1cc(C)ncc1C(=O)N(C)C1CC1. The highest BCUT2D eigenvalue weighted by atomic mass is 16.2. The summed E-state index contributed by atoms with van der Waals surface area (Å²) in [5.41, 5.74) is 2.42. The van der Waals surface area contributed by atoms with Crippen LogP contribution in [0.3, 0.4) is 0 Å². The maximum absolute atomic E-state index is 12.2. The minimum atomic E-state index is 0.0550. The van der Waals surface area contributed by atoms with Crippen LogP contribution in [0.5, 0.6) is 0 Å². The molecule has 16 heavy (non-hydrogen) atoms. The molecule has 1 fully saturated rings. The van der Waals surface area contributed by atoms with Gasteiger partial charge in [-0.2, -0.15) is 0 Å². The van der Waals surface area contributed by atoms with Crippen LogP contribution in [-0.2, 0) is 0 Å². The Kier molecular flexibility index (Phi) is 2.81. The molecule has 2 rings (SSSR count). The Hall–Kier alpha value is -1.58. The van der Waals surface area contributed by atoms with E-state index in [1.807, 2.05) is 32.0 Å². The molecule has 1 saturated carbocycles. The molecule has 1 aromatic rings. The fourth-order valence-corrected chi connectivity index (χ4v) is 1.75. The zero-order valence-corrected chi connectivity index (χ0v) is 9.95. The summed E-state index contributed by atoms with van der Waals surface area (Å²) >= 11 is 0. The summed E-state index contributed by atoms with van der Waals surface area (Å²) in [6.07, 6.45) is 3.90. The second-order valence-electron chi connectivity index (χ2n) is 4.27. The number of hydrogen-bond donors (Lipinski definition) is 1. The van der Waals surface area contributed by atoms with Gasteiger partial charge >= 0.3 is 0 Å². The number of rotatable bonds is 3. The molecule has 0 saturated heterocycles. The number of aromatic nitrogens is 1. The monoisotopic (exact) mass is 219 g/mol. The van der Waals surface area contributed by atoms with E-state index < -0.39 is 0 Å². The Morgan fingerprint density at radius 1 is 1.56 bits per heavy atom. The van der Waals surface area contributed by atoms with Crippen LogP contribution in [0.25, 0.3) is 0 Å². The summed E-state index contributed by atoms with van der Waals surface area (Å²) in [5, 5.41) is 3.04. The van der Waals surface area contributed by atoms with Crippen LogP contribution in [0.15, 0.2) is 12.3 Å². The highest BCUT2D eigenvalue weighted by Gasteiger charge is 2.31. The lowest BCUT2D eigenvalue weighted by atomic mass is 10.2. The minimum absolute atomic E-state index is 0.0550. The molecule has 1 aromatic heterocycles. The molecule has 0 spiro atoms. The van der Waals surface area contributed by atoms with Gasteiger partial charge in [0.2, 0.25) is 0 Å². The first-order valence-electron chi connectivity index (χ1n) is 5.55. The Labute approximate surface area is 95.7 Å². The second-order valence-corrected chi connectivity index (χ2v) is 4.27. The van der Waals surface area contributed by atoms with Gasteiger partial charge in [-0.05, 0) is 25.8 Å². The lowest BCUT2D eigenvalue weighted by Gasteiger charge is -2.18. The van der Waals surface area contributed by atoms with Crippen LogP contribution in [0.1, 0.15) is 28.9 Å². The first-order valence-corrected chi connectivity index (χ1v) is 5.55. The average Bonchev–Trinajstić information content (AvgIpc) is 3.10. The van der Waals surface area contributed by atoms with Gasteiger partial charge in [0.1, 0.15) is 0 Å². The van der Waals surface area contributed by atoms with Crippen molar-refractivity contribution in [3.8, 4) is 0 Å². The molecule has 86 valence electrons. The van der Waals surface area contributed by atoms with Crippen LogP contribution in [0.2, 0.25) is 0 Å². The fourth-order valence-electron chi connectivity index (χ4n) is 1.75. The van der Waals surface area contributed by atoms with Crippen molar-refractivity contribution in [1.82, 2.24) is 9.88 Å². The van der Waals surface area contributed by atoms with Gasteiger partial charge in [0.25, 0.3) is 5.91 Å². The number of nitrogens with zero attached hydrogens (tertiary/aromatic N) is 2. The smallest absolute Gasteiger partial charge is 0.257 e. The van der Waals surface area contributed by atoms with E-state index in [-0.39, 0.29) is 5.91 Å². The zero-order valence-electron chi connectivity index (χ0n) is 9.95. The summed E-state index contributed by atoms with van der Waals surface area (Å²) < 4.78 is 0. The minimum Gasteiger partial charge on any atom is -0.387 e.